The number of ether oxygens (including phenoxy) is 2. The molecule has 0 fully saturated rings. The maximum Gasteiger partial charge on any atom is 0.331 e. The van der Waals surface area contributed by atoms with E-state index in [1.54, 1.807) is 6.07 Å². The minimum atomic E-state index is -0.793. The highest BCUT2D eigenvalue weighted by Gasteiger charge is 2.22. The summed E-state index contributed by atoms with van der Waals surface area (Å²) in [5, 5.41) is 2.47. The molecule has 1 N–H and O–H groups in total. The largest absolute Gasteiger partial charge is 0.467 e. The van der Waals surface area contributed by atoms with E-state index in [0.29, 0.717) is 12.0 Å². The Bertz CT molecular complexity index is 642. The summed E-state index contributed by atoms with van der Waals surface area (Å²) in [6, 6.07) is 4.87. The summed E-state index contributed by atoms with van der Waals surface area (Å²) in [7, 11) is 1.24. The Kier molecular flexibility index (Phi) is 8.32. The average Bonchev–Trinajstić information content (AvgIpc) is 2.56. The van der Waals surface area contributed by atoms with Gasteiger partial charge in [0.25, 0.3) is 5.91 Å². The van der Waals surface area contributed by atoms with Crippen LogP contribution < -0.4 is 5.32 Å². The SMILES string of the molecule is COC(=O)[C@H](CC(C)C)NC(=O)COC(=O)/C=C/c1cccc(F)c1. The van der Waals surface area contributed by atoms with Crippen molar-refractivity contribution in [1.29, 1.82) is 0 Å². The lowest BCUT2D eigenvalue weighted by molar-refractivity contribution is -0.148. The molecule has 136 valence electrons. The van der Waals surface area contributed by atoms with Gasteiger partial charge in [-0.05, 0) is 36.1 Å². The summed E-state index contributed by atoms with van der Waals surface area (Å²) in [5.41, 5.74) is 0.490. The summed E-state index contributed by atoms with van der Waals surface area (Å²) in [4.78, 5) is 35.0. The fourth-order valence-corrected chi connectivity index (χ4v) is 2.02. The van der Waals surface area contributed by atoms with E-state index in [0.717, 1.165) is 6.08 Å². The molecule has 6 nitrogen and oxygen atoms in total. The van der Waals surface area contributed by atoms with Crippen molar-refractivity contribution in [3.63, 3.8) is 0 Å². The first-order valence-electron chi connectivity index (χ1n) is 7.79. The summed E-state index contributed by atoms with van der Waals surface area (Å²) >= 11 is 0. The molecule has 0 aliphatic carbocycles. The number of rotatable bonds is 8. The Morgan fingerprint density at radius 1 is 1.28 bits per heavy atom. The van der Waals surface area contributed by atoms with Crippen LogP contribution in [0.5, 0.6) is 0 Å². The average molecular weight is 351 g/mol. The molecular formula is C18H22FNO5. The van der Waals surface area contributed by atoms with Gasteiger partial charge in [0.15, 0.2) is 6.61 Å². The van der Waals surface area contributed by atoms with Crippen LogP contribution in [0.25, 0.3) is 6.08 Å². The quantitative estimate of drug-likeness (QED) is 0.573. The molecule has 0 aliphatic heterocycles. The fourth-order valence-electron chi connectivity index (χ4n) is 2.02. The molecule has 0 saturated heterocycles. The molecule has 1 atom stereocenters. The van der Waals surface area contributed by atoms with E-state index in [-0.39, 0.29) is 5.92 Å². The van der Waals surface area contributed by atoms with Gasteiger partial charge in [-0.1, -0.05) is 26.0 Å². The zero-order chi connectivity index (χ0) is 18.8. The third-order valence-electron chi connectivity index (χ3n) is 3.13. The van der Waals surface area contributed by atoms with Crippen LogP contribution in [-0.4, -0.2) is 37.6 Å². The highest BCUT2D eigenvalue weighted by atomic mass is 19.1. The van der Waals surface area contributed by atoms with E-state index in [4.69, 9.17) is 4.74 Å². The molecule has 0 aliphatic rings. The number of carbonyl (C=O) groups excluding carboxylic acids is 3. The lowest BCUT2D eigenvalue weighted by atomic mass is 10.0. The van der Waals surface area contributed by atoms with Crippen molar-refractivity contribution in [2.75, 3.05) is 13.7 Å². The summed E-state index contributed by atoms with van der Waals surface area (Å²) in [6.45, 7) is 3.27. The number of halogens is 1. The lowest BCUT2D eigenvalue weighted by Gasteiger charge is -2.18. The molecule has 0 heterocycles. The van der Waals surface area contributed by atoms with Gasteiger partial charge in [-0.15, -0.1) is 0 Å². The van der Waals surface area contributed by atoms with Crippen molar-refractivity contribution >= 4 is 23.9 Å². The zero-order valence-electron chi connectivity index (χ0n) is 14.5. The Hall–Kier alpha value is -2.70. The zero-order valence-corrected chi connectivity index (χ0v) is 14.5. The van der Waals surface area contributed by atoms with Crippen molar-refractivity contribution in [2.45, 2.75) is 26.3 Å². The van der Waals surface area contributed by atoms with Gasteiger partial charge in [-0.2, -0.15) is 0 Å². The maximum atomic E-state index is 13.0. The molecule has 1 rings (SSSR count). The fraction of sp³-hybridized carbons (Fsp3) is 0.389. The highest BCUT2D eigenvalue weighted by Crippen LogP contribution is 2.07. The molecule has 0 aromatic heterocycles. The molecule has 1 amide bonds. The van der Waals surface area contributed by atoms with Crippen molar-refractivity contribution in [1.82, 2.24) is 5.32 Å². The number of methoxy groups -OCH3 is 1. The first-order valence-corrected chi connectivity index (χ1v) is 7.79. The molecule has 0 spiro atoms. The number of amides is 1. The molecule has 0 saturated carbocycles. The van der Waals surface area contributed by atoms with Crippen LogP contribution in [0, 0.1) is 11.7 Å². The van der Waals surface area contributed by atoms with Crippen LogP contribution in [0.2, 0.25) is 0 Å². The number of esters is 2. The second kappa shape index (κ2) is 10.2. The van der Waals surface area contributed by atoms with Gasteiger partial charge in [0.2, 0.25) is 0 Å². The topological polar surface area (TPSA) is 81.7 Å². The van der Waals surface area contributed by atoms with Crippen LogP contribution in [0.4, 0.5) is 4.39 Å². The van der Waals surface area contributed by atoms with Crippen molar-refractivity contribution < 1.29 is 28.2 Å². The second-order valence-electron chi connectivity index (χ2n) is 5.77. The van der Waals surface area contributed by atoms with E-state index in [1.807, 2.05) is 13.8 Å². The summed E-state index contributed by atoms with van der Waals surface area (Å²) in [5.74, 6) is -2.17. The van der Waals surface area contributed by atoms with E-state index in [2.05, 4.69) is 10.1 Å². The number of benzene rings is 1. The molecule has 1 aromatic rings. The van der Waals surface area contributed by atoms with Gasteiger partial charge >= 0.3 is 11.9 Å². The molecule has 7 heteroatoms. The Labute approximate surface area is 146 Å². The second-order valence-corrected chi connectivity index (χ2v) is 5.77. The lowest BCUT2D eigenvalue weighted by Crippen LogP contribution is -2.44. The van der Waals surface area contributed by atoms with E-state index in [9.17, 15) is 18.8 Å². The van der Waals surface area contributed by atoms with Crippen molar-refractivity contribution in [3.05, 3.63) is 41.7 Å². The Morgan fingerprint density at radius 2 is 2.00 bits per heavy atom. The van der Waals surface area contributed by atoms with Crippen LogP contribution in [0.15, 0.2) is 30.3 Å². The first kappa shape index (κ1) is 20.3. The minimum absolute atomic E-state index is 0.168. The predicted molar refractivity (Wildman–Crippen MR) is 89.8 cm³/mol. The standard InChI is InChI=1S/C18H22FNO5/c1-12(2)9-15(18(23)24-3)20-16(21)11-25-17(22)8-7-13-5-4-6-14(19)10-13/h4-8,10,12,15H,9,11H2,1-3H3,(H,20,21)/b8-7+/t15-/m0/s1. The third-order valence-corrected chi connectivity index (χ3v) is 3.13. The van der Waals surface area contributed by atoms with Crippen LogP contribution >= 0.6 is 0 Å². The number of carbonyl (C=O) groups is 3. The van der Waals surface area contributed by atoms with Crippen LogP contribution in [-0.2, 0) is 23.9 Å². The monoisotopic (exact) mass is 351 g/mol. The van der Waals surface area contributed by atoms with Crippen molar-refractivity contribution in [2.24, 2.45) is 5.92 Å². The minimum Gasteiger partial charge on any atom is -0.467 e. The number of nitrogens with one attached hydrogen (secondary N) is 1. The van der Waals surface area contributed by atoms with E-state index in [1.165, 1.54) is 31.4 Å². The predicted octanol–water partition coefficient (Wildman–Crippen LogP) is 2.09. The van der Waals surface area contributed by atoms with Crippen molar-refractivity contribution in [3.8, 4) is 0 Å². The molecule has 0 bridgehead atoms. The Balaban J connectivity index is 2.48. The molecule has 0 radical (unpaired) electrons. The van der Waals surface area contributed by atoms with Gasteiger partial charge in [0.1, 0.15) is 11.9 Å². The van der Waals surface area contributed by atoms with Gasteiger partial charge in [0, 0.05) is 6.08 Å². The number of hydrogen-bond acceptors (Lipinski definition) is 5. The molecule has 1 aromatic carbocycles. The van der Waals surface area contributed by atoms with Gasteiger partial charge < -0.3 is 14.8 Å². The normalized spacial score (nSPS) is 12.0. The molecule has 25 heavy (non-hydrogen) atoms. The number of hydrogen-bond donors (Lipinski definition) is 1. The van der Waals surface area contributed by atoms with E-state index < -0.39 is 36.3 Å². The van der Waals surface area contributed by atoms with Gasteiger partial charge in [-0.3, -0.25) is 4.79 Å². The first-order chi connectivity index (χ1) is 11.8. The summed E-state index contributed by atoms with van der Waals surface area (Å²) < 4.78 is 22.4. The third kappa shape index (κ3) is 8.10. The molecule has 0 unspecified atom stereocenters. The maximum absolute atomic E-state index is 13.0. The van der Waals surface area contributed by atoms with Gasteiger partial charge in [0.05, 0.1) is 7.11 Å². The smallest absolute Gasteiger partial charge is 0.331 e. The highest BCUT2D eigenvalue weighted by molar-refractivity contribution is 5.90. The van der Waals surface area contributed by atoms with Crippen LogP contribution in [0.1, 0.15) is 25.8 Å². The van der Waals surface area contributed by atoms with Crippen LogP contribution in [0.3, 0.4) is 0 Å². The Morgan fingerprint density at radius 3 is 2.60 bits per heavy atom. The van der Waals surface area contributed by atoms with E-state index >= 15 is 0 Å². The van der Waals surface area contributed by atoms with Gasteiger partial charge in [-0.25, -0.2) is 14.0 Å². The molecular weight excluding hydrogens is 329 g/mol. The summed E-state index contributed by atoms with van der Waals surface area (Å²) in [6.07, 6.45) is 2.87.